The molecule has 0 bridgehead atoms. The minimum Gasteiger partial charge on any atom is -0.328 e. The van der Waals surface area contributed by atoms with Crippen molar-refractivity contribution >= 4 is 0 Å². The summed E-state index contributed by atoms with van der Waals surface area (Å²) >= 11 is 0. The number of likely N-dealkylation sites (tertiary alicyclic amines) is 2. The van der Waals surface area contributed by atoms with E-state index in [9.17, 15) is 0 Å². The third-order valence-electron chi connectivity index (χ3n) is 5.71. The van der Waals surface area contributed by atoms with Crippen LogP contribution in [0.25, 0.3) is 0 Å². The van der Waals surface area contributed by atoms with Crippen molar-refractivity contribution in [2.45, 2.75) is 77.4 Å². The fraction of sp³-hybridized carbons (Fsp3) is 1.00. The van der Waals surface area contributed by atoms with Crippen LogP contribution in [0.4, 0.5) is 0 Å². The molecule has 0 aromatic carbocycles. The zero-order chi connectivity index (χ0) is 14.5. The lowest BCUT2D eigenvalue weighted by atomic mass is 9.89. The second-order valence-electron chi connectivity index (χ2n) is 6.99. The molecule has 0 unspecified atom stereocenters. The van der Waals surface area contributed by atoms with Crippen molar-refractivity contribution in [1.82, 2.24) is 9.80 Å². The van der Waals surface area contributed by atoms with Crippen LogP contribution in [0.15, 0.2) is 0 Å². The normalized spacial score (nSPS) is 28.9. The van der Waals surface area contributed by atoms with E-state index in [0.717, 1.165) is 18.0 Å². The first-order chi connectivity index (χ1) is 9.65. The molecule has 0 aromatic rings. The third-order valence-corrected chi connectivity index (χ3v) is 5.71. The summed E-state index contributed by atoms with van der Waals surface area (Å²) in [5.41, 5.74) is 6.12. The molecular weight excluding hydrogens is 246 g/mol. The van der Waals surface area contributed by atoms with Gasteiger partial charge in [0.2, 0.25) is 0 Å². The number of piperidine rings is 2. The van der Waals surface area contributed by atoms with Gasteiger partial charge in [-0.15, -0.1) is 0 Å². The van der Waals surface area contributed by atoms with Crippen LogP contribution in [0.5, 0.6) is 0 Å². The molecule has 2 atom stereocenters. The van der Waals surface area contributed by atoms with Crippen LogP contribution in [-0.4, -0.2) is 54.1 Å². The van der Waals surface area contributed by atoms with E-state index in [1.54, 1.807) is 0 Å². The Morgan fingerprint density at radius 1 is 1.05 bits per heavy atom. The lowest BCUT2D eigenvalue weighted by Gasteiger charge is -2.44. The quantitative estimate of drug-likeness (QED) is 0.841. The molecule has 0 aromatic heterocycles. The molecule has 3 nitrogen and oxygen atoms in total. The predicted molar refractivity (Wildman–Crippen MR) is 86.9 cm³/mol. The van der Waals surface area contributed by atoms with E-state index in [-0.39, 0.29) is 0 Å². The Bertz CT molecular complexity index is 267. The fourth-order valence-electron chi connectivity index (χ4n) is 4.22. The molecule has 0 spiro atoms. The summed E-state index contributed by atoms with van der Waals surface area (Å²) in [6.45, 7) is 12.0. The van der Waals surface area contributed by atoms with E-state index >= 15 is 0 Å². The first-order valence-corrected chi connectivity index (χ1v) is 8.89. The topological polar surface area (TPSA) is 32.5 Å². The van der Waals surface area contributed by atoms with E-state index in [2.05, 4.69) is 30.6 Å². The van der Waals surface area contributed by atoms with Gasteiger partial charge in [0.05, 0.1) is 0 Å². The molecule has 2 saturated heterocycles. The second kappa shape index (κ2) is 7.77. The average molecular weight is 281 g/mol. The molecule has 20 heavy (non-hydrogen) atoms. The molecule has 2 fully saturated rings. The maximum atomic E-state index is 6.12. The van der Waals surface area contributed by atoms with Gasteiger partial charge in [0.15, 0.2) is 0 Å². The average Bonchev–Trinajstić information content (AvgIpc) is 2.49. The van der Waals surface area contributed by atoms with Crippen molar-refractivity contribution in [1.29, 1.82) is 0 Å². The van der Waals surface area contributed by atoms with Gasteiger partial charge in [-0.2, -0.15) is 0 Å². The van der Waals surface area contributed by atoms with Crippen molar-refractivity contribution in [2.75, 3.05) is 26.2 Å². The molecule has 2 rings (SSSR count). The van der Waals surface area contributed by atoms with Gasteiger partial charge >= 0.3 is 0 Å². The molecule has 2 N–H and O–H groups in total. The number of hydrogen-bond donors (Lipinski definition) is 1. The van der Waals surface area contributed by atoms with Crippen LogP contribution in [0.3, 0.4) is 0 Å². The molecule has 0 aliphatic carbocycles. The molecule has 2 aliphatic rings. The largest absolute Gasteiger partial charge is 0.328 e. The number of nitrogens with zero attached hydrogens (tertiary/aromatic N) is 2. The van der Waals surface area contributed by atoms with Gasteiger partial charge in [0, 0.05) is 24.7 Å². The summed E-state index contributed by atoms with van der Waals surface area (Å²) in [5.74, 6) is 0.723. The maximum absolute atomic E-state index is 6.12. The summed E-state index contributed by atoms with van der Waals surface area (Å²) in [6, 6.07) is 2.00. The highest BCUT2D eigenvalue weighted by molar-refractivity contribution is 4.87. The van der Waals surface area contributed by atoms with Gasteiger partial charge in [0.25, 0.3) is 0 Å². The zero-order valence-electron chi connectivity index (χ0n) is 13.9. The Kier molecular flexibility index (Phi) is 6.31. The molecule has 2 aliphatic heterocycles. The highest BCUT2D eigenvalue weighted by atomic mass is 15.2. The summed E-state index contributed by atoms with van der Waals surface area (Å²) in [5, 5.41) is 0. The summed E-state index contributed by atoms with van der Waals surface area (Å²) in [7, 11) is 0. The molecule has 0 radical (unpaired) electrons. The first-order valence-electron chi connectivity index (χ1n) is 8.89. The Balaban J connectivity index is 1.81. The van der Waals surface area contributed by atoms with Crippen LogP contribution in [0, 0.1) is 5.92 Å². The summed E-state index contributed by atoms with van der Waals surface area (Å²) < 4.78 is 0. The first kappa shape index (κ1) is 16.3. The van der Waals surface area contributed by atoms with Gasteiger partial charge in [0.1, 0.15) is 0 Å². The fourth-order valence-corrected chi connectivity index (χ4v) is 4.22. The third kappa shape index (κ3) is 3.96. The maximum Gasteiger partial charge on any atom is 0.0120 e. The lowest BCUT2D eigenvalue weighted by molar-refractivity contribution is 0.0512. The van der Waals surface area contributed by atoms with Gasteiger partial charge in [-0.05, 0) is 71.0 Å². The Labute approximate surface area is 125 Å². The molecular formula is C17H35N3. The minimum absolute atomic E-state index is 0.363. The highest BCUT2D eigenvalue weighted by Crippen LogP contribution is 2.26. The van der Waals surface area contributed by atoms with Gasteiger partial charge in [-0.3, -0.25) is 4.90 Å². The second-order valence-corrected chi connectivity index (χ2v) is 6.99. The van der Waals surface area contributed by atoms with E-state index in [0.29, 0.717) is 6.04 Å². The predicted octanol–water partition coefficient (Wildman–Crippen LogP) is 2.70. The Morgan fingerprint density at radius 3 is 2.25 bits per heavy atom. The number of nitrogens with two attached hydrogens (primary N) is 1. The highest BCUT2D eigenvalue weighted by Gasteiger charge is 2.31. The number of rotatable bonds is 5. The van der Waals surface area contributed by atoms with Crippen LogP contribution in [0.1, 0.15) is 59.3 Å². The van der Waals surface area contributed by atoms with E-state index < -0.39 is 0 Å². The Hall–Kier alpha value is -0.120. The van der Waals surface area contributed by atoms with Crippen molar-refractivity contribution in [3.05, 3.63) is 0 Å². The minimum atomic E-state index is 0.363. The monoisotopic (exact) mass is 281 g/mol. The van der Waals surface area contributed by atoms with E-state index in [4.69, 9.17) is 5.73 Å². The van der Waals surface area contributed by atoms with Crippen LogP contribution in [0.2, 0.25) is 0 Å². The van der Waals surface area contributed by atoms with Crippen LogP contribution in [-0.2, 0) is 0 Å². The lowest BCUT2D eigenvalue weighted by Crippen LogP contribution is -2.52. The van der Waals surface area contributed by atoms with Crippen LogP contribution >= 0.6 is 0 Å². The van der Waals surface area contributed by atoms with Gasteiger partial charge < -0.3 is 10.6 Å². The van der Waals surface area contributed by atoms with E-state index in [1.807, 2.05) is 0 Å². The van der Waals surface area contributed by atoms with E-state index in [1.165, 1.54) is 64.7 Å². The van der Waals surface area contributed by atoms with Crippen molar-refractivity contribution in [2.24, 2.45) is 11.7 Å². The van der Waals surface area contributed by atoms with Crippen LogP contribution < -0.4 is 5.73 Å². The van der Waals surface area contributed by atoms with Crippen molar-refractivity contribution in [3.63, 3.8) is 0 Å². The zero-order valence-corrected chi connectivity index (χ0v) is 13.9. The molecule has 2 heterocycles. The van der Waals surface area contributed by atoms with Crippen molar-refractivity contribution < 1.29 is 0 Å². The van der Waals surface area contributed by atoms with Crippen molar-refractivity contribution in [3.8, 4) is 0 Å². The Morgan fingerprint density at radius 2 is 1.70 bits per heavy atom. The molecule has 0 amide bonds. The molecule has 118 valence electrons. The molecule has 0 saturated carbocycles. The smallest absolute Gasteiger partial charge is 0.0120 e. The molecule has 3 heteroatoms. The SMILES string of the molecule is CCC(CC)N1CCC(N2CCC[C@@H]([C@@H](C)N)C2)CC1. The standard InChI is InChI=1S/C17H35N3/c1-4-16(5-2)19-11-8-17(9-12-19)20-10-6-7-15(13-20)14(3)18/h14-17H,4-13,18H2,1-3H3/t14-,15-/m1/s1. The summed E-state index contributed by atoms with van der Waals surface area (Å²) in [4.78, 5) is 5.48. The number of hydrogen-bond acceptors (Lipinski definition) is 3. The van der Waals surface area contributed by atoms with Gasteiger partial charge in [-0.1, -0.05) is 13.8 Å². The van der Waals surface area contributed by atoms with Gasteiger partial charge in [-0.25, -0.2) is 0 Å². The summed E-state index contributed by atoms with van der Waals surface area (Å²) in [6.07, 6.45) is 8.01.